The zero-order valence-corrected chi connectivity index (χ0v) is 13.2. The van der Waals surface area contributed by atoms with Crippen molar-refractivity contribution in [1.82, 2.24) is 4.57 Å². The Hall–Kier alpha value is -0.413. The summed E-state index contributed by atoms with van der Waals surface area (Å²) in [5.74, 6) is 0.707. The molecule has 1 aliphatic rings. The smallest absolute Gasteiger partial charge is 0.0750 e. The van der Waals surface area contributed by atoms with Crippen LogP contribution in [0.2, 0.25) is 19.6 Å². The zero-order valence-electron chi connectivity index (χ0n) is 11.4. The summed E-state index contributed by atoms with van der Waals surface area (Å²) in [5, 5.41) is 2.76. The minimum Gasteiger partial charge on any atom is -0.316 e. The fourth-order valence-electron chi connectivity index (χ4n) is 2.03. The van der Waals surface area contributed by atoms with E-state index in [1.807, 2.05) is 0 Å². The fraction of sp³-hybridized carbons (Fsp3) is 0.571. The summed E-state index contributed by atoms with van der Waals surface area (Å²) >= 11 is 2.05. The summed E-state index contributed by atoms with van der Waals surface area (Å²) in [6.07, 6.45) is 7.17. The maximum atomic E-state index is 2.46. The van der Waals surface area contributed by atoms with Gasteiger partial charge >= 0.3 is 0 Å². The highest BCUT2D eigenvalue weighted by Gasteiger charge is 2.18. The van der Waals surface area contributed by atoms with Crippen molar-refractivity contribution in [2.75, 3.05) is 5.38 Å². The van der Waals surface area contributed by atoms with Crippen molar-refractivity contribution in [3.63, 3.8) is 0 Å². The molecule has 17 heavy (non-hydrogen) atoms. The highest BCUT2D eigenvalue weighted by atomic mass is 32.2. The lowest BCUT2D eigenvalue weighted by molar-refractivity contribution is 0.650. The van der Waals surface area contributed by atoms with Crippen LogP contribution in [0.1, 0.15) is 19.0 Å². The van der Waals surface area contributed by atoms with E-state index in [9.17, 15) is 0 Å². The van der Waals surface area contributed by atoms with Gasteiger partial charge in [0.15, 0.2) is 0 Å². The lowest BCUT2D eigenvalue weighted by Crippen LogP contribution is -2.24. The van der Waals surface area contributed by atoms with Gasteiger partial charge < -0.3 is 4.57 Å². The van der Waals surface area contributed by atoms with Crippen LogP contribution in [-0.4, -0.2) is 18.0 Å². The van der Waals surface area contributed by atoms with Gasteiger partial charge in [0.2, 0.25) is 0 Å². The third-order valence-corrected chi connectivity index (χ3v) is 7.68. The Morgan fingerprint density at radius 2 is 2.18 bits per heavy atom. The van der Waals surface area contributed by atoms with Crippen LogP contribution >= 0.6 is 11.8 Å². The molecule has 1 unspecified atom stereocenters. The van der Waals surface area contributed by atoms with E-state index in [0.29, 0.717) is 5.92 Å². The molecule has 1 atom stereocenters. The maximum absolute atomic E-state index is 2.46. The van der Waals surface area contributed by atoms with E-state index in [-0.39, 0.29) is 0 Å². The van der Waals surface area contributed by atoms with Crippen molar-refractivity contribution < 1.29 is 0 Å². The lowest BCUT2D eigenvalue weighted by Gasteiger charge is -2.18. The molecule has 0 saturated heterocycles. The second kappa shape index (κ2) is 5.07. The topological polar surface area (TPSA) is 4.93 Å². The molecule has 0 bridgehead atoms. The summed E-state index contributed by atoms with van der Waals surface area (Å²) < 4.78 is 2.40. The molecule has 0 spiro atoms. The van der Waals surface area contributed by atoms with E-state index in [4.69, 9.17) is 0 Å². The zero-order chi connectivity index (χ0) is 12.5. The van der Waals surface area contributed by atoms with Crippen molar-refractivity contribution in [3.8, 4) is 0 Å². The van der Waals surface area contributed by atoms with Gasteiger partial charge in [-0.1, -0.05) is 32.6 Å². The van der Waals surface area contributed by atoms with Crippen LogP contribution < -0.4 is 0 Å². The van der Waals surface area contributed by atoms with Crippen molar-refractivity contribution in [3.05, 3.63) is 30.1 Å². The average Bonchev–Trinajstić information content (AvgIpc) is 2.63. The van der Waals surface area contributed by atoms with Crippen LogP contribution in [0.3, 0.4) is 0 Å². The van der Waals surface area contributed by atoms with Crippen LogP contribution in [0.5, 0.6) is 0 Å². The van der Waals surface area contributed by atoms with Crippen molar-refractivity contribution in [2.24, 2.45) is 5.92 Å². The highest BCUT2D eigenvalue weighted by molar-refractivity contribution is 8.09. The molecule has 2 heterocycles. The SMILES string of the molecule is CC1C=C(SC[Si](C)(C)C)n2cccc2CC1. The van der Waals surface area contributed by atoms with E-state index in [2.05, 4.69) is 67.3 Å². The van der Waals surface area contributed by atoms with Crippen molar-refractivity contribution >= 4 is 24.9 Å². The predicted octanol–water partition coefficient (Wildman–Crippen LogP) is 4.48. The number of hydrogen-bond acceptors (Lipinski definition) is 1. The summed E-state index contributed by atoms with van der Waals surface area (Å²) in [7, 11) is -0.972. The molecule has 1 nitrogen and oxygen atoms in total. The number of nitrogens with zero attached hydrogens (tertiary/aromatic N) is 1. The van der Waals surface area contributed by atoms with Gasteiger partial charge in [-0.2, -0.15) is 0 Å². The fourth-order valence-corrected chi connectivity index (χ4v) is 4.99. The summed E-state index contributed by atoms with van der Waals surface area (Å²) in [5.41, 5.74) is 1.48. The molecule has 0 radical (unpaired) electrons. The van der Waals surface area contributed by atoms with Gasteiger partial charge in [-0.15, -0.1) is 11.8 Å². The Morgan fingerprint density at radius 3 is 2.88 bits per heavy atom. The number of aromatic nitrogens is 1. The monoisotopic (exact) mass is 265 g/mol. The minimum atomic E-state index is -0.972. The number of rotatable bonds is 3. The average molecular weight is 265 g/mol. The molecule has 0 aliphatic carbocycles. The first-order chi connectivity index (χ1) is 7.96. The molecule has 1 aromatic rings. The Kier molecular flexibility index (Phi) is 3.88. The van der Waals surface area contributed by atoms with Crippen molar-refractivity contribution in [1.29, 1.82) is 0 Å². The summed E-state index contributed by atoms with van der Waals surface area (Å²) in [6.45, 7) is 9.66. The molecule has 1 aliphatic heterocycles. The maximum Gasteiger partial charge on any atom is 0.0750 e. The third kappa shape index (κ3) is 3.52. The molecule has 0 aromatic carbocycles. The van der Waals surface area contributed by atoms with Crippen LogP contribution in [-0.2, 0) is 6.42 Å². The van der Waals surface area contributed by atoms with E-state index in [1.54, 1.807) is 0 Å². The quantitative estimate of drug-likeness (QED) is 0.730. The van der Waals surface area contributed by atoms with E-state index in [1.165, 1.54) is 28.9 Å². The molecule has 0 N–H and O–H groups in total. The molecular weight excluding hydrogens is 242 g/mol. The van der Waals surface area contributed by atoms with Crippen molar-refractivity contribution in [2.45, 2.75) is 39.4 Å². The Balaban J connectivity index is 2.19. The summed E-state index contributed by atoms with van der Waals surface area (Å²) in [6, 6.07) is 4.44. The second-order valence-corrected chi connectivity index (χ2v) is 13.2. The van der Waals surface area contributed by atoms with Crippen LogP contribution in [0.4, 0.5) is 0 Å². The molecular formula is C14H23NSSi. The van der Waals surface area contributed by atoms with Gasteiger partial charge in [-0.3, -0.25) is 0 Å². The normalized spacial score (nSPS) is 20.7. The van der Waals surface area contributed by atoms with Gasteiger partial charge in [0.05, 0.1) is 13.1 Å². The molecule has 2 rings (SSSR count). The second-order valence-electron chi connectivity index (χ2n) is 6.24. The van der Waals surface area contributed by atoms with Gasteiger partial charge in [-0.25, -0.2) is 0 Å². The molecule has 0 saturated carbocycles. The van der Waals surface area contributed by atoms with E-state index >= 15 is 0 Å². The van der Waals surface area contributed by atoms with Gasteiger partial charge in [0, 0.05) is 11.9 Å². The minimum absolute atomic E-state index is 0.707. The number of fused-ring (bicyclic) bond motifs is 1. The van der Waals surface area contributed by atoms with E-state index < -0.39 is 8.07 Å². The highest BCUT2D eigenvalue weighted by Crippen LogP contribution is 2.31. The Bertz CT molecular complexity index is 414. The van der Waals surface area contributed by atoms with Gasteiger partial charge in [-0.05, 0) is 36.3 Å². The van der Waals surface area contributed by atoms with Gasteiger partial charge in [0.25, 0.3) is 0 Å². The molecule has 1 aromatic heterocycles. The first-order valence-electron chi connectivity index (χ1n) is 6.47. The molecule has 3 heteroatoms. The first-order valence-corrected chi connectivity index (χ1v) is 11.2. The summed E-state index contributed by atoms with van der Waals surface area (Å²) in [4.78, 5) is 0. The standard InChI is InChI=1S/C14H23NSSi/c1-12-7-8-13-6-5-9-15(13)14(10-12)16-11-17(2,3)4/h5-6,9-10,12H,7-8,11H2,1-4H3. The van der Waals surface area contributed by atoms with Crippen LogP contribution in [0.15, 0.2) is 24.4 Å². The number of hydrogen-bond donors (Lipinski definition) is 0. The van der Waals surface area contributed by atoms with Crippen LogP contribution in [0, 0.1) is 5.92 Å². The number of allylic oxidation sites excluding steroid dienone is 1. The van der Waals surface area contributed by atoms with E-state index in [0.717, 1.165) is 0 Å². The lowest BCUT2D eigenvalue weighted by atomic mass is 10.1. The Morgan fingerprint density at radius 1 is 1.41 bits per heavy atom. The van der Waals surface area contributed by atoms with Crippen LogP contribution in [0.25, 0.3) is 5.03 Å². The molecule has 94 valence electrons. The Labute approximate surface area is 110 Å². The largest absolute Gasteiger partial charge is 0.316 e. The molecule has 0 fully saturated rings. The third-order valence-electron chi connectivity index (χ3n) is 3.01. The number of aryl methyl sites for hydroxylation is 1. The predicted molar refractivity (Wildman–Crippen MR) is 82.0 cm³/mol. The first kappa shape index (κ1) is 13.0. The number of thioether (sulfide) groups is 1. The van der Waals surface area contributed by atoms with Gasteiger partial charge in [0.1, 0.15) is 0 Å². The molecule has 0 amide bonds.